The molecule has 2 N–H and O–H groups in total. The average molecular weight is 459 g/mol. The molecule has 0 saturated carbocycles. The average Bonchev–Trinajstić information content (AvgIpc) is 3.27. The molecule has 3 aromatic carbocycles. The minimum absolute atomic E-state index is 0.133. The summed E-state index contributed by atoms with van der Waals surface area (Å²) < 4.78 is 11.3. The summed E-state index contributed by atoms with van der Waals surface area (Å²) in [5.41, 5.74) is 3.86. The normalized spacial score (nSPS) is 11.0. The van der Waals surface area contributed by atoms with Gasteiger partial charge in [0.05, 0.1) is 12.0 Å². The number of amides is 1. The van der Waals surface area contributed by atoms with Gasteiger partial charge in [0.1, 0.15) is 17.9 Å². The summed E-state index contributed by atoms with van der Waals surface area (Å²) >= 11 is 0. The second kappa shape index (κ2) is 10.2. The number of oxazole rings is 1. The van der Waals surface area contributed by atoms with Crippen LogP contribution in [0.15, 0.2) is 71.1 Å². The zero-order valence-electron chi connectivity index (χ0n) is 19.1. The fraction of sp³-hybridized carbons (Fsp3) is 0.222. The lowest BCUT2D eigenvalue weighted by atomic mass is 10.1. The largest absolute Gasteiger partial charge is 0.508 e. The van der Waals surface area contributed by atoms with Gasteiger partial charge in [-0.1, -0.05) is 44.2 Å². The highest BCUT2D eigenvalue weighted by molar-refractivity contribution is 6.04. The van der Waals surface area contributed by atoms with Crippen LogP contribution in [0.1, 0.15) is 35.3 Å². The van der Waals surface area contributed by atoms with E-state index in [9.17, 15) is 14.7 Å². The summed E-state index contributed by atoms with van der Waals surface area (Å²) in [5.74, 6) is 0.374. The van der Waals surface area contributed by atoms with Gasteiger partial charge in [-0.15, -0.1) is 0 Å². The molecule has 34 heavy (non-hydrogen) atoms. The smallest absolute Gasteiger partial charge is 0.310 e. The number of carbonyl (C=O) groups excluding carboxylic acids is 2. The third-order valence-corrected chi connectivity index (χ3v) is 5.22. The Morgan fingerprint density at radius 2 is 1.71 bits per heavy atom. The first kappa shape index (κ1) is 23.0. The Hall–Kier alpha value is -4.13. The Morgan fingerprint density at radius 3 is 2.41 bits per heavy atom. The number of hydrogen-bond acceptors (Lipinski definition) is 6. The van der Waals surface area contributed by atoms with Gasteiger partial charge in [0.25, 0.3) is 5.91 Å². The first-order valence-corrected chi connectivity index (χ1v) is 11.1. The lowest BCUT2D eigenvalue weighted by molar-refractivity contribution is -0.144. The summed E-state index contributed by atoms with van der Waals surface area (Å²) in [4.78, 5) is 29.2. The predicted octanol–water partition coefficient (Wildman–Crippen LogP) is 4.87. The summed E-state index contributed by atoms with van der Waals surface area (Å²) in [6, 6.07) is 19.1. The van der Waals surface area contributed by atoms with Gasteiger partial charge in [0.15, 0.2) is 5.58 Å². The summed E-state index contributed by atoms with van der Waals surface area (Å²) in [7, 11) is 0. The molecule has 0 fully saturated rings. The molecule has 0 aliphatic rings. The first-order valence-electron chi connectivity index (χ1n) is 11.1. The maximum absolute atomic E-state index is 12.6. The number of rotatable bonds is 8. The monoisotopic (exact) mass is 458 g/mol. The van der Waals surface area contributed by atoms with Crippen molar-refractivity contribution >= 4 is 23.0 Å². The van der Waals surface area contributed by atoms with E-state index in [1.807, 2.05) is 44.2 Å². The maximum atomic E-state index is 12.6. The van der Waals surface area contributed by atoms with Gasteiger partial charge in [0.2, 0.25) is 5.89 Å². The van der Waals surface area contributed by atoms with E-state index in [4.69, 9.17) is 9.15 Å². The van der Waals surface area contributed by atoms with Gasteiger partial charge < -0.3 is 19.6 Å². The van der Waals surface area contributed by atoms with E-state index in [0.29, 0.717) is 35.0 Å². The molecular formula is C27H26N2O5. The SMILES string of the molecule is CC(C)CNC(=O)c1cccc2nc(-c3ccc(COC(=O)Cc4ccc(O)cc4)cc3)oc12. The lowest BCUT2D eigenvalue weighted by Crippen LogP contribution is -2.27. The number of carbonyl (C=O) groups is 2. The highest BCUT2D eigenvalue weighted by Crippen LogP contribution is 2.27. The number of nitrogens with one attached hydrogen (secondary N) is 1. The van der Waals surface area contributed by atoms with E-state index in [0.717, 1.165) is 16.7 Å². The Labute approximate surface area is 197 Å². The number of aromatic hydroxyl groups is 1. The van der Waals surface area contributed by atoms with Crippen LogP contribution < -0.4 is 5.32 Å². The van der Waals surface area contributed by atoms with Crippen LogP contribution in [-0.4, -0.2) is 28.5 Å². The van der Waals surface area contributed by atoms with Crippen LogP contribution in [0.25, 0.3) is 22.6 Å². The minimum atomic E-state index is -0.350. The molecule has 0 aliphatic carbocycles. The van der Waals surface area contributed by atoms with Gasteiger partial charge in [-0.05, 0) is 53.4 Å². The van der Waals surface area contributed by atoms with Gasteiger partial charge in [-0.3, -0.25) is 9.59 Å². The van der Waals surface area contributed by atoms with Crippen molar-refractivity contribution in [2.45, 2.75) is 26.9 Å². The molecule has 7 heteroatoms. The van der Waals surface area contributed by atoms with Gasteiger partial charge in [-0.25, -0.2) is 4.98 Å². The predicted molar refractivity (Wildman–Crippen MR) is 128 cm³/mol. The molecule has 1 heterocycles. The van der Waals surface area contributed by atoms with Crippen molar-refractivity contribution in [3.8, 4) is 17.2 Å². The Balaban J connectivity index is 1.41. The van der Waals surface area contributed by atoms with Crippen molar-refractivity contribution in [3.63, 3.8) is 0 Å². The van der Waals surface area contributed by atoms with E-state index in [-0.39, 0.29) is 30.7 Å². The molecule has 0 atom stereocenters. The molecule has 7 nitrogen and oxygen atoms in total. The van der Waals surface area contributed by atoms with Crippen molar-refractivity contribution < 1.29 is 23.8 Å². The quantitative estimate of drug-likeness (QED) is 0.365. The molecule has 0 unspecified atom stereocenters. The molecule has 0 aliphatic heterocycles. The second-order valence-corrected chi connectivity index (χ2v) is 8.48. The zero-order valence-corrected chi connectivity index (χ0v) is 19.1. The first-order chi connectivity index (χ1) is 16.4. The fourth-order valence-electron chi connectivity index (χ4n) is 3.38. The van der Waals surface area contributed by atoms with E-state index in [1.54, 1.807) is 24.3 Å². The van der Waals surface area contributed by atoms with Crippen LogP contribution in [0.4, 0.5) is 0 Å². The van der Waals surface area contributed by atoms with Crippen LogP contribution in [0, 0.1) is 5.92 Å². The van der Waals surface area contributed by atoms with Gasteiger partial charge in [-0.2, -0.15) is 0 Å². The molecule has 0 radical (unpaired) electrons. The number of fused-ring (bicyclic) bond motifs is 1. The van der Waals surface area contributed by atoms with Crippen molar-refractivity contribution in [1.82, 2.24) is 10.3 Å². The molecule has 1 amide bonds. The summed E-state index contributed by atoms with van der Waals surface area (Å²) in [6.07, 6.45) is 0.133. The Bertz CT molecular complexity index is 1290. The van der Waals surface area contributed by atoms with Crippen molar-refractivity contribution in [1.29, 1.82) is 0 Å². The minimum Gasteiger partial charge on any atom is -0.508 e. The fourth-order valence-corrected chi connectivity index (χ4v) is 3.38. The van der Waals surface area contributed by atoms with E-state index < -0.39 is 0 Å². The van der Waals surface area contributed by atoms with Gasteiger partial charge in [0, 0.05) is 12.1 Å². The third-order valence-electron chi connectivity index (χ3n) is 5.22. The number of phenolic OH excluding ortho intramolecular Hbond substituents is 1. The van der Waals surface area contributed by atoms with Gasteiger partial charge >= 0.3 is 5.97 Å². The molecular weight excluding hydrogens is 432 g/mol. The van der Waals surface area contributed by atoms with Crippen molar-refractivity contribution in [3.05, 3.63) is 83.4 Å². The van der Waals surface area contributed by atoms with Crippen LogP contribution in [-0.2, 0) is 22.6 Å². The number of ether oxygens (including phenoxy) is 1. The number of hydrogen-bond donors (Lipinski definition) is 2. The number of aromatic nitrogens is 1. The second-order valence-electron chi connectivity index (χ2n) is 8.48. The van der Waals surface area contributed by atoms with Crippen LogP contribution in [0.5, 0.6) is 5.75 Å². The maximum Gasteiger partial charge on any atom is 0.310 e. The summed E-state index contributed by atoms with van der Waals surface area (Å²) in [5, 5.41) is 12.2. The third kappa shape index (κ3) is 5.61. The molecule has 0 bridgehead atoms. The topological polar surface area (TPSA) is 102 Å². The van der Waals surface area contributed by atoms with E-state index in [2.05, 4.69) is 10.3 Å². The number of esters is 1. The van der Waals surface area contributed by atoms with E-state index >= 15 is 0 Å². The number of nitrogens with zero attached hydrogens (tertiary/aromatic N) is 1. The lowest BCUT2D eigenvalue weighted by Gasteiger charge is -2.07. The Kier molecular flexibility index (Phi) is 6.92. The standard InChI is InChI=1S/C27H26N2O5/c1-17(2)15-28-26(32)22-4-3-5-23-25(22)34-27(29-23)20-10-6-19(7-11-20)16-33-24(31)14-18-8-12-21(30)13-9-18/h3-13,17,30H,14-16H2,1-2H3,(H,28,32). The van der Waals surface area contributed by atoms with Crippen molar-refractivity contribution in [2.75, 3.05) is 6.54 Å². The van der Waals surface area contributed by atoms with Crippen LogP contribution in [0.3, 0.4) is 0 Å². The number of para-hydroxylation sites is 1. The molecule has 4 aromatic rings. The Morgan fingerprint density at radius 1 is 1.00 bits per heavy atom. The highest BCUT2D eigenvalue weighted by atomic mass is 16.5. The van der Waals surface area contributed by atoms with Crippen molar-refractivity contribution in [2.24, 2.45) is 5.92 Å². The highest BCUT2D eigenvalue weighted by Gasteiger charge is 2.16. The van der Waals surface area contributed by atoms with Crippen LogP contribution >= 0.6 is 0 Å². The summed E-state index contributed by atoms with van der Waals surface area (Å²) in [6.45, 7) is 4.80. The molecule has 174 valence electrons. The number of phenols is 1. The molecule has 4 rings (SSSR count). The zero-order chi connectivity index (χ0) is 24.1. The molecule has 0 spiro atoms. The number of benzene rings is 3. The molecule has 1 aromatic heterocycles. The molecule has 0 saturated heterocycles. The van der Waals surface area contributed by atoms with E-state index in [1.165, 1.54) is 12.1 Å². The van der Waals surface area contributed by atoms with Crippen LogP contribution in [0.2, 0.25) is 0 Å².